The number of carboxylic acid groups (broad SMARTS) is 2. The molecule has 5 aliphatic rings. The highest BCUT2D eigenvalue weighted by atomic mass is 32.2. The van der Waals surface area contributed by atoms with Crippen LogP contribution in [-0.4, -0.2) is 206 Å². The van der Waals surface area contributed by atoms with E-state index in [0.29, 0.717) is 29.0 Å². The van der Waals surface area contributed by atoms with Crippen LogP contribution >= 0.6 is 11.8 Å². The van der Waals surface area contributed by atoms with Crippen LogP contribution < -0.4 is 46.7 Å². The molecule has 4 saturated heterocycles. The topological polar surface area (TPSA) is 493 Å². The van der Waals surface area contributed by atoms with Crippen molar-refractivity contribution in [1.82, 2.24) is 52.2 Å². The zero-order chi connectivity index (χ0) is 71.1. The number of nitrogens with one attached hydrogen (secondary N) is 7. The van der Waals surface area contributed by atoms with Crippen LogP contribution in [0.5, 0.6) is 11.5 Å². The van der Waals surface area contributed by atoms with E-state index in [1.165, 1.54) is 49.2 Å². The predicted octanol–water partition coefficient (Wildman–Crippen LogP) is -0.188. The molecule has 0 bridgehead atoms. The number of aliphatic imine (C=N–C) groups is 1. The molecule has 5 fully saturated rings. The third kappa shape index (κ3) is 19.1. The lowest BCUT2D eigenvalue weighted by atomic mass is 9.93. The molecule has 10 amide bonds. The van der Waals surface area contributed by atoms with Crippen LogP contribution in [0.3, 0.4) is 0 Å². The molecule has 1 aliphatic carbocycles. The van der Waals surface area contributed by atoms with E-state index in [1.807, 2.05) is 0 Å². The van der Waals surface area contributed by atoms with E-state index < -0.39 is 168 Å². The van der Waals surface area contributed by atoms with Crippen molar-refractivity contribution < 1.29 is 106 Å². The Morgan fingerprint density at radius 3 is 2.22 bits per heavy atom. The number of imide groups is 1. The van der Waals surface area contributed by atoms with E-state index in [9.17, 15) is 87.1 Å². The minimum atomic E-state index is -1.76. The standard InChI is InChI=1S/C62H68N12O23S/c1-30-6-13-43(75)56(30)96-61(90)33-9-7-32(8-10-33)23-63-25-36-12-11-34(24-64-36)57(86)69-38(20-52(81)82)60(89)72-16-4-5-41(72)44(76)17-35(18-54(85)97-73-50(79)14-15-51(73)80)58(87)67-31(2)37-19-45(94-3)46(21-42(37)74(92)93)95-28-49(78)68-39(59(88)66-27-53(83)84)26-65-48(77)22-47-55-40(29-98-47)70-62(91)71-55/h7-12,19,21,23-24,31,35,38-41,47,55-56H,1,4-6,13-18,20,22,25-29H2,2-3H3,(H,65,77)(H,66,88)(H,67,87)(H,68,78)(H,69,86)(H,81,82)(H,83,84)(H2,70,71,91). The van der Waals surface area contributed by atoms with Crippen molar-refractivity contribution in [3.05, 3.63) is 105 Å². The smallest absolute Gasteiger partial charge is 0.339 e. The number of aliphatic carboxylic acids is 2. The lowest BCUT2D eigenvalue weighted by molar-refractivity contribution is -0.385. The van der Waals surface area contributed by atoms with Crippen LogP contribution in [0.25, 0.3) is 0 Å². The van der Waals surface area contributed by atoms with E-state index in [4.69, 9.17) is 24.2 Å². The van der Waals surface area contributed by atoms with E-state index in [-0.39, 0.29) is 108 Å². The number of ketones is 2. The second kappa shape index (κ2) is 33.0. The van der Waals surface area contributed by atoms with Gasteiger partial charge in [0, 0.05) is 68.6 Å². The quantitative estimate of drug-likeness (QED) is 0.00744. The molecule has 0 radical (unpaired) electrons. The molecule has 36 heteroatoms. The monoisotopic (exact) mass is 1380 g/mol. The number of amides is 10. The maximum atomic E-state index is 14.4. The molecule has 8 rings (SSSR count). The average Bonchev–Trinajstić information content (AvgIpc) is 1.46. The molecule has 2 aromatic carbocycles. The summed E-state index contributed by atoms with van der Waals surface area (Å²) in [7, 11) is 1.12. The second-order valence-electron chi connectivity index (χ2n) is 23.2. The first-order valence-electron chi connectivity index (χ1n) is 30.6. The minimum Gasteiger partial charge on any atom is -0.493 e. The molecule has 5 heterocycles. The average molecular weight is 1380 g/mol. The molecule has 9 unspecified atom stereocenters. The second-order valence-corrected chi connectivity index (χ2v) is 24.4. The minimum absolute atomic E-state index is 0.0300. The molecule has 98 heavy (non-hydrogen) atoms. The maximum absolute atomic E-state index is 14.4. The number of Topliss-reactive ketones (excluding diaryl/α,β-unsaturated/α-hetero) is 2. The first-order valence-corrected chi connectivity index (χ1v) is 31.6. The number of hydrogen-bond acceptors (Lipinski definition) is 24. The number of nitro groups is 1. The number of pyridine rings is 1. The zero-order valence-electron chi connectivity index (χ0n) is 52.6. The number of nitrogens with zero attached hydrogens (tertiary/aromatic N) is 5. The van der Waals surface area contributed by atoms with Gasteiger partial charge in [0.05, 0.1) is 90.0 Å². The fourth-order valence-electron chi connectivity index (χ4n) is 11.2. The number of urea groups is 1. The Bertz CT molecular complexity index is 3720. The normalized spacial score (nSPS) is 19.8. The number of aromatic nitrogens is 1. The summed E-state index contributed by atoms with van der Waals surface area (Å²) >= 11 is 1.43. The maximum Gasteiger partial charge on any atom is 0.339 e. The van der Waals surface area contributed by atoms with Gasteiger partial charge in [-0.3, -0.25) is 77.6 Å². The fraction of sp³-hybridized carbons (Fsp3) is 0.435. The van der Waals surface area contributed by atoms with Gasteiger partial charge in [-0.1, -0.05) is 18.7 Å². The van der Waals surface area contributed by atoms with Crippen LogP contribution in [0.15, 0.2) is 71.9 Å². The number of esters is 1. The summed E-state index contributed by atoms with van der Waals surface area (Å²) in [5.41, 5.74) is 0.637. The van der Waals surface area contributed by atoms with Gasteiger partial charge in [0.2, 0.25) is 23.6 Å². The molecule has 35 nitrogen and oxygen atoms in total. The Hall–Kier alpha value is -11.2. The van der Waals surface area contributed by atoms with Gasteiger partial charge in [0.1, 0.15) is 18.6 Å². The highest BCUT2D eigenvalue weighted by molar-refractivity contribution is 8.00. The first kappa shape index (κ1) is 72.6. The number of fused-ring (bicyclic) bond motifs is 1. The molecular formula is C62H68N12O23S. The van der Waals surface area contributed by atoms with Crippen molar-refractivity contribution >= 4 is 112 Å². The number of thioether (sulfide) groups is 1. The Morgan fingerprint density at radius 1 is 0.847 bits per heavy atom. The lowest BCUT2D eigenvalue weighted by Crippen LogP contribution is -2.54. The van der Waals surface area contributed by atoms with Crippen molar-refractivity contribution in [1.29, 1.82) is 0 Å². The largest absolute Gasteiger partial charge is 0.493 e. The third-order valence-electron chi connectivity index (χ3n) is 16.2. The van der Waals surface area contributed by atoms with Gasteiger partial charge in [-0.2, -0.15) is 11.8 Å². The number of carboxylic acids is 2. The van der Waals surface area contributed by atoms with E-state index in [1.54, 1.807) is 12.1 Å². The van der Waals surface area contributed by atoms with E-state index in [0.717, 1.165) is 30.3 Å². The number of hydrogen-bond donors (Lipinski definition) is 9. The van der Waals surface area contributed by atoms with Crippen molar-refractivity contribution in [2.24, 2.45) is 10.9 Å². The first-order chi connectivity index (χ1) is 46.7. The molecule has 9 atom stereocenters. The SMILES string of the molecule is C=C1CCC(=O)C1OC(=O)c1ccc(C=NCc2ccc(C(=O)NC(CC(=O)O)C(=O)N3CCCC3C(=O)CC(CC(=O)ON3C(=O)CCC3=O)C(=O)NC(C)c3cc(OC)c(OCC(=O)NC(CNC(=O)CC4SCC5NC(=O)NC54)C(=O)NCC(=O)O)cc3[N+](=O)[O-])cn2)cc1. The highest BCUT2D eigenvalue weighted by Crippen LogP contribution is 2.38. The summed E-state index contributed by atoms with van der Waals surface area (Å²) in [6.45, 7) is 2.61. The number of ether oxygens (including phenoxy) is 3. The molecule has 1 aromatic heterocycles. The van der Waals surface area contributed by atoms with Crippen molar-refractivity contribution in [3.8, 4) is 11.5 Å². The fourth-order valence-corrected chi connectivity index (χ4v) is 12.7. The lowest BCUT2D eigenvalue weighted by Gasteiger charge is -2.29. The van der Waals surface area contributed by atoms with Crippen molar-refractivity contribution in [3.63, 3.8) is 0 Å². The molecular weight excluding hydrogens is 1310 g/mol. The number of benzene rings is 2. The van der Waals surface area contributed by atoms with Gasteiger partial charge in [-0.05, 0) is 67.7 Å². The summed E-state index contributed by atoms with van der Waals surface area (Å²) in [5, 5.41) is 48.9. The van der Waals surface area contributed by atoms with Gasteiger partial charge in [0.15, 0.2) is 35.8 Å². The van der Waals surface area contributed by atoms with Gasteiger partial charge >= 0.3 is 29.9 Å². The number of carbonyl (C=O) groups excluding carboxylic acids is 13. The van der Waals surface area contributed by atoms with Crippen molar-refractivity contribution in [2.45, 2.75) is 125 Å². The van der Waals surface area contributed by atoms with Crippen LogP contribution in [0.1, 0.15) is 115 Å². The van der Waals surface area contributed by atoms with E-state index >= 15 is 0 Å². The third-order valence-corrected chi connectivity index (χ3v) is 17.7. The van der Waals surface area contributed by atoms with Crippen LogP contribution in [-0.2, 0) is 73.7 Å². The summed E-state index contributed by atoms with van der Waals surface area (Å²) in [6, 6.07) is 3.92. The number of nitro benzene ring substituents is 1. The van der Waals surface area contributed by atoms with Crippen LogP contribution in [0.4, 0.5) is 10.5 Å². The summed E-state index contributed by atoms with van der Waals surface area (Å²) < 4.78 is 16.4. The van der Waals surface area contributed by atoms with E-state index in [2.05, 4.69) is 53.8 Å². The Labute approximate surface area is 560 Å². The number of hydroxylamine groups is 2. The molecule has 1 saturated carbocycles. The number of carbonyl (C=O) groups is 15. The summed E-state index contributed by atoms with van der Waals surface area (Å²) in [4.78, 5) is 221. The Balaban J connectivity index is 0.902. The molecule has 9 N–H and O–H groups in total. The van der Waals surface area contributed by atoms with Gasteiger partial charge < -0.3 is 71.4 Å². The summed E-state index contributed by atoms with van der Waals surface area (Å²) in [6.07, 6.45) is -0.966. The predicted molar refractivity (Wildman–Crippen MR) is 335 cm³/mol. The van der Waals surface area contributed by atoms with Crippen LogP contribution in [0.2, 0.25) is 0 Å². The van der Waals surface area contributed by atoms with Crippen molar-refractivity contribution in [2.75, 3.05) is 39.1 Å². The number of methoxy groups -OCH3 is 1. The zero-order valence-corrected chi connectivity index (χ0v) is 53.4. The molecule has 3 aromatic rings. The Kier molecular flexibility index (Phi) is 24.4. The Morgan fingerprint density at radius 2 is 1.57 bits per heavy atom. The molecule has 520 valence electrons. The van der Waals surface area contributed by atoms with Gasteiger partial charge in [0.25, 0.3) is 29.3 Å². The van der Waals surface area contributed by atoms with Gasteiger partial charge in [-0.25, -0.2) is 14.4 Å². The van der Waals surface area contributed by atoms with Gasteiger partial charge in [-0.15, -0.1) is 5.06 Å². The number of likely N-dealkylation sites (tertiary alicyclic amines) is 1. The molecule has 4 aliphatic heterocycles. The van der Waals surface area contributed by atoms with Crippen LogP contribution in [0, 0.1) is 16.0 Å². The molecule has 0 spiro atoms. The highest BCUT2D eigenvalue weighted by Gasteiger charge is 2.45. The number of rotatable bonds is 32. The summed E-state index contributed by atoms with van der Waals surface area (Å²) in [5.74, 6) is -15.3.